The number of hydrogen-bond donors (Lipinski definition) is 0. The van der Waals surface area contributed by atoms with Crippen LogP contribution in [0.3, 0.4) is 0 Å². The number of aryl methyl sites for hydroxylation is 1. The van der Waals surface area contributed by atoms with Gasteiger partial charge in [-0.2, -0.15) is 8.78 Å². The van der Waals surface area contributed by atoms with Gasteiger partial charge in [-0.1, -0.05) is 6.92 Å². The minimum absolute atomic E-state index is 0.0352. The van der Waals surface area contributed by atoms with E-state index in [1.165, 1.54) is 16.7 Å². The van der Waals surface area contributed by atoms with Crippen LogP contribution in [0, 0.1) is 0 Å². The van der Waals surface area contributed by atoms with E-state index in [1.807, 2.05) is 6.92 Å². The molecule has 0 unspecified atom stereocenters. The number of pyridine rings is 1. The Hall–Kier alpha value is -2.47. The van der Waals surface area contributed by atoms with Gasteiger partial charge in [-0.05, 0) is 18.6 Å². The van der Waals surface area contributed by atoms with Gasteiger partial charge in [0.05, 0.1) is 30.9 Å². The van der Waals surface area contributed by atoms with Crippen molar-refractivity contribution in [3.05, 3.63) is 41.1 Å². The van der Waals surface area contributed by atoms with E-state index in [9.17, 15) is 17.2 Å². The van der Waals surface area contributed by atoms with E-state index in [4.69, 9.17) is 4.42 Å². The van der Waals surface area contributed by atoms with Gasteiger partial charge in [-0.3, -0.25) is 9.29 Å². The molecule has 0 saturated carbocycles. The van der Waals surface area contributed by atoms with Crippen LogP contribution in [0.2, 0.25) is 0 Å². The van der Waals surface area contributed by atoms with Crippen LogP contribution in [-0.2, 0) is 23.0 Å². The molecule has 0 aliphatic heterocycles. The molecule has 0 saturated heterocycles. The topological polar surface area (TPSA) is 102 Å². The zero-order valence-electron chi connectivity index (χ0n) is 14.3. The van der Waals surface area contributed by atoms with E-state index >= 15 is 0 Å². The number of hydrogen-bond acceptors (Lipinski definition) is 8. The maximum Gasteiger partial charge on any atom is 0.314 e. The van der Waals surface area contributed by atoms with Gasteiger partial charge in [0, 0.05) is 5.69 Å². The van der Waals surface area contributed by atoms with Crippen LogP contribution in [0.4, 0.5) is 14.5 Å². The third-order valence-corrected chi connectivity index (χ3v) is 5.64. The van der Waals surface area contributed by atoms with Crippen LogP contribution in [0.25, 0.3) is 10.8 Å². The molecule has 144 valence electrons. The number of nitrogens with zero attached hydrogens (tertiary/aromatic N) is 5. The Morgan fingerprint density at radius 2 is 2.00 bits per heavy atom. The SMILES string of the molecule is CCc1ccc(N(Cc2ncc(-c3nnc(C(F)F)o3)s2)S(C)(=O)=O)cn1. The van der Waals surface area contributed by atoms with Crippen molar-refractivity contribution in [1.82, 2.24) is 20.2 Å². The molecule has 0 atom stereocenters. The Bertz CT molecular complexity index is 1020. The minimum atomic E-state index is -3.59. The molecule has 3 rings (SSSR count). The highest BCUT2D eigenvalue weighted by Gasteiger charge is 2.22. The Kier molecular flexibility index (Phi) is 5.46. The average Bonchev–Trinajstić information content (AvgIpc) is 3.28. The predicted octanol–water partition coefficient (Wildman–Crippen LogP) is 3.05. The van der Waals surface area contributed by atoms with Gasteiger partial charge < -0.3 is 4.42 Å². The van der Waals surface area contributed by atoms with Crippen LogP contribution in [0.1, 0.15) is 29.9 Å². The molecule has 0 radical (unpaired) electrons. The molecule has 12 heteroatoms. The maximum atomic E-state index is 12.6. The van der Waals surface area contributed by atoms with Crippen LogP contribution in [-0.4, -0.2) is 34.8 Å². The number of alkyl halides is 2. The number of aromatic nitrogens is 4. The van der Waals surface area contributed by atoms with Crippen molar-refractivity contribution in [1.29, 1.82) is 0 Å². The lowest BCUT2D eigenvalue weighted by atomic mass is 10.3. The molecule has 0 aliphatic carbocycles. The Morgan fingerprint density at radius 3 is 2.56 bits per heavy atom. The number of halogens is 2. The molecule has 3 aromatic heterocycles. The summed E-state index contributed by atoms with van der Waals surface area (Å²) in [5.74, 6) is -0.867. The van der Waals surface area contributed by atoms with Crippen molar-refractivity contribution in [3.63, 3.8) is 0 Å². The second kappa shape index (κ2) is 7.64. The molecule has 0 aromatic carbocycles. The predicted molar refractivity (Wildman–Crippen MR) is 95.0 cm³/mol. The third-order valence-electron chi connectivity index (χ3n) is 3.53. The van der Waals surface area contributed by atoms with Crippen molar-refractivity contribution in [2.45, 2.75) is 26.3 Å². The summed E-state index contributed by atoms with van der Waals surface area (Å²) in [4.78, 5) is 8.73. The van der Waals surface area contributed by atoms with E-state index in [-0.39, 0.29) is 12.4 Å². The summed E-state index contributed by atoms with van der Waals surface area (Å²) in [7, 11) is -3.59. The molecule has 27 heavy (non-hydrogen) atoms. The van der Waals surface area contributed by atoms with Crippen LogP contribution >= 0.6 is 11.3 Å². The summed E-state index contributed by atoms with van der Waals surface area (Å²) < 4.78 is 55.6. The molecule has 0 spiro atoms. The lowest BCUT2D eigenvalue weighted by Crippen LogP contribution is -2.29. The smallest absolute Gasteiger partial charge is 0.314 e. The number of thiazole rings is 1. The fraction of sp³-hybridized carbons (Fsp3) is 0.333. The first kappa shape index (κ1) is 19.3. The first-order chi connectivity index (χ1) is 12.8. The Labute approximate surface area is 158 Å². The Balaban J connectivity index is 1.85. The highest BCUT2D eigenvalue weighted by Crippen LogP contribution is 2.29. The molecule has 3 aromatic rings. The van der Waals surface area contributed by atoms with Crippen molar-refractivity contribution in [2.24, 2.45) is 0 Å². The fourth-order valence-corrected chi connectivity index (χ4v) is 3.96. The van der Waals surface area contributed by atoms with Crippen molar-refractivity contribution >= 4 is 27.0 Å². The number of anilines is 1. The average molecular weight is 415 g/mol. The van der Waals surface area contributed by atoms with Crippen molar-refractivity contribution in [2.75, 3.05) is 10.6 Å². The van der Waals surface area contributed by atoms with Gasteiger partial charge in [0.25, 0.3) is 11.8 Å². The molecule has 8 nitrogen and oxygen atoms in total. The summed E-state index contributed by atoms with van der Waals surface area (Å²) in [5, 5.41) is 7.26. The molecule has 0 N–H and O–H groups in total. The molecule has 0 fully saturated rings. The molecular weight excluding hydrogens is 400 g/mol. The summed E-state index contributed by atoms with van der Waals surface area (Å²) >= 11 is 1.08. The van der Waals surface area contributed by atoms with E-state index in [0.29, 0.717) is 15.6 Å². The first-order valence-corrected chi connectivity index (χ1v) is 10.4. The second-order valence-corrected chi connectivity index (χ2v) is 8.52. The normalized spacial score (nSPS) is 11.9. The van der Waals surface area contributed by atoms with E-state index in [1.54, 1.807) is 12.1 Å². The summed E-state index contributed by atoms with van der Waals surface area (Å²) in [5.41, 5.74) is 1.25. The van der Waals surface area contributed by atoms with E-state index in [0.717, 1.165) is 29.7 Å². The fourth-order valence-electron chi connectivity index (χ4n) is 2.20. The minimum Gasteiger partial charge on any atom is -0.414 e. The van der Waals surface area contributed by atoms with Gasteiger partial charge in [-0.25, -0.2) is 13.4 Å². The van der Waals surface area contributed by atoms with Gasteiger partial charge >= 0.3 is 6.43 Å². The number of sulfonamides is 1. The first-order valence-electron chi connectivity index (χ1n) is 7.77. The molecule has 0 bridgehead atoms. The zero-order valence-corrected chi connectivity index (χ0v) is 16.0. The van der Waals surface area contributed by atoms with Gasteiger partial charge in [-0.15, -0.1) is 21.5 Å². The summed E-state index contributed by atoms with van der Waals surface area (Å²) in [6.45, 7) is 1.91. The third kappa shape index (κ3) is 4.45. The monoisotopic (exact) mass is 415 g/mol. The quantitative estimate of drug-likeness (QED) is 0.584. The highest BCUT2D eigenvalue weighted by molar-refractivity contribution is 7.92. The van der Waals surface area contributed by atoms with Gasteiger partial charge in [0.15, 0.2) is 0 Å². The summed E-state index contributed by atoms with van der Waals surface area (Å²) in [6, 6.07) is 3.43. The molecule has 3 heterocycles. The summed E-state index contributed by atoms with van der Waals surface area (Å²) in [6.07, 6.45) is 1.82. The molecule has 0 amide bonds. The van der Waals surface area contributed by atoms with E-state index < -0.39 is 22.3 Å². The zero-order chi connectivity index (χ0) is 19.6. The standard InChI is InChI=1S/C15H15F2N5O3S2/c1-3-9-4-5-10(6-18-9)22(27(2,23)24)8-12-19-7-11(26-12)14-20-21-15(25-14)13(16)17/h4-7,13H,3,8H2,1-2H3. The molecule has 0 aliphatic rings. The maximum absolute atomic E-state index is 12.6. The van der Waals surface area contributed by atoms with Crippen LogP contribution in [0.15, 0.2) is 28.9 Å². The Morgan fingerprint density at radius 1 is 1.22 bits per heavy atom. The lowest BCUT2D eigenvalue weighted by Gasteiger charge is -2.21. The van der Waals surface area contributed by atoms with Crippen LogP contribution < -0.4 is 4.31 Å². The van der Waals surface area contributed by atoms with Crippen LogP contribution in [0.5, 0.6) is 0 Å². The van der Waals surface area contributed by atoms with Crippen molar-refractivity contribution < 1.29 is 21.6 Å². The lowest BCUT2D eigenvalue weighted by molar-refractivity contribution is 0.116. The highest BCUT2D eigenvalue weighted by atomic mass is 32.2. The van der Waals surface area contributed by atoms with Gasteiger partial charge in [0.2, 0.25) is 10.0 Å². The van der Waals surface area contributed by atoms with Gasteiger partial charge in [0.1, 0.15) is 9.88 Å². The van der Waals surface area contributed by atoms with E-state index in [2.05, 4.69) is 20.2 Å². The number of rotatable bonds is 7. The second-order valence-electron chi connectivity index (χ2n) is 5.50. The molecular formula is C15H15F2N5O3S2. The largest absolute Gasteiger partial charge is 0.414 e. The van der Waals surface area contributed by atoms with Crippen molar-refractivity contribution in [3.8, 4) is 10.8 Å².